The molecule has 3 N–H and O–H groups in total. The summed E-state index contributed by atoms with van der Waals surface area (Å²) < 4.78 is 0. The van der Waals surface area contributed by atoms with E-state index >= 15 is 0 Å². The highest BCUT2D eigenvalue weighted by Gasteiger charge is 2.12. The molecule has 0 saturated carbocycles. The maximum atomic E-state index is 10.9. The molecule has 3 aromatic rings. The van der Waals surface area contributed by atoms with Crippen LogP contribution in [-0.4, -0.2) is 41.1 Å². The monoisotopic (exact) mass is 414 g/mol. The van der Waals surface area contributed by atoms with Crippen LogP contribution in [0.5, 0.6) is 0 Å². The van der Waals surface area contributed by atoms with Crippen LogP contribution < -0.4 is 15.5 Å². The summed E-state index contributed by atoms with van der Waals surface area (Å²) in [5.74, 6) is 1.06. The number of piperidine rings is 1. The fraction of sp³-hybridized carbons (Fsp3) is 0.381. The van der Waals surface area contributed by atoms with E-state index in [1.54, 1.807) is 13.4 Å². The minimum absolute atomic E-state index is 0.183. The number of carbonyl (C=O) groups excluding carboxylic acids is 1. The minimum Gasteiger partial charge on any atom is -0.357 e. The number of rotatable bonds is 3. The van der Waals surface area contributed by atoms with E-state index in [9.17, 15) is 4.79 Å². The van der Waals surface area contributed by atoms with Gasteiger partial charge in [0.1, 0.15) is 5.82 Å². The Morgan fingerprint density at radius 2 is 2.00 bits per heavy atom. The molecule has 7 nitrogen and oxygen atoms in total. The molecule has 154 valence electrons. The van der Waals surface area contributed by atoms with Gasteiger partial charge in [-0.05, 0) is 55.5 Å². The largest absolute Gasteiger partial charge is 0.357 e. The lowest BCUT2D eigenvalue weighted by atomic mass is 10.1. The summed E-state index contributed by atoms with van der Waals surface area (Å²) in [6, 6.07) is 9.63. The molecule has 1 aliphatic rings. The molecule has 0 atom stereocenters. The Morgan fingerprint density at radius 1 is 1.21 bits per heavy atom. The first-order valence-corrected chi connectivity index (χ1v) is 10.2. The van der Waals surface area contributed by atoms with E-state index in [4.69, 9.17) is 11.6 Å². The third kappa shape index (κ3) is 5.84. The van der Waals surface area contributed by atoms with Crippen molar-refractivity contribution >= 4 is 34.6 Å². The molecular formula is C21H27ClN6O. The van der Waals surface area contributed by atoms with Crippen molar-refractivity contribution in [1.29, 1.82) is 0 Å². The number of aromatic amines is 1. The number of amides is 2. The standard InChI is InChI=1S/C11H14N4.C10H13ClN2O/c1-2-6-15(7-3-1)10-5-4-9-11(14-10)13-8-12-9;1-7-5-8(3-4-9(7)11)6-13-10(14)12-2/h4-5,8H,1-3,6-7H2,(H,12,13,14);3-5H,6H2,1-2H3,(H2,12,13,14). The van der Waals surface area contributed by atoms with Gasteiger partial charge in [0.05, 0.1) is 11.8 Å². The van der Waals surface area contributed by atoms with Gasteiger partial charge in [-0.3, -0.25) is 0 Å². The molecule has 1 aromatic carbocycles. The zero-order valence-electron chi connectivity index (χ0n) is 16.8. The Morgan fingerprint density at radius 3 is 2.72 bits per heavy atom. The first-order valence-electron chi connectivity index (χ1n) is 9.82. The number of nitrogens with one attached hydrogen (secondary N) is 3. The predicted molar refractivity (Wildman–Crippen MR) is 117 cm³/mol. The lowest BCUT2D eigenvalue weighted by Crippen LogP contribution is -2.32. The molecule has 4 rings (SSSR count). The Hall–Kier alpha value is -2.80. The van der Waals surface area contributed by atoms with Crippen molar-refractivity contribution in [1.82, 2.24) is 25.6 Å². The number of imidazole rings is 1. The van der Waals surface area contributed by atoms with Gasteiger partial charge in [0.15, 0.2) is 5.65 Å². The van der Waals surface area contributed by atoms with Crippen molar-refractivity contribution in [3.63, 3.8) is 0 Å². The van der Waals surface area contributed by atoms with Crippen LogP contribution in [0.3, 0.4) is 0 Å². The molecule has 0 aliphatic carbocycles. The van der Waals surface area contributed by atoms with E-state index in [-0.39, 0.29) is 6.03 Å². The summed E-state index contributed by atoms with van der Waals surface area (Å²) >= 11 is 5.87. The molecule has 3 heterocycles. The number of halogens is 1. The van der Waals surface area contributed by atoms with Gasteiger partial charge in [-0.15, -0.1) is 0 Å². The van der Waals surface area contributed by atoms with Gasteiger partial charge < -0.3 is 20.5 Å². The second kappa shape index (κ2) is 10.1. The molecule has 0 unspecified atom stereocenters. The predicted octanol–water partition coefficient (Wildman–Crippen LogP) is 4.03. The third-order valence-corrected chi connectivity index (χ3v) is 5.27. The number of aromatic nitrogens is 3. The fourth-order valence-electron chi connectivity index (χ4n) is 3.20. The quantitative estimate of drug-likeness (QED) is 0.604. The van der Waals surface area contributed by atoms with Crippen molar-refractivity contribution in [2.75, 3.05) is 25.0 Å². The van der Waals surface area contributed by atoms with Gasteiger partial charge in [-0.1, -0.05) is 23.7 Å². The van der Waals surface area contributed by atoms with Crippen molar-refractivity contribution < 1.29 is 4.79 Å². The summed E-state index contributed by atoms with van der Waals surface area (Å²) in [7, 11) is 1.59. The molecule has 0 spiro atoms. The average Bonchev–Trinajstić information content (AvgIpc) is 3.23. The van der Waals surface area contributed by atoms with E-state index in [1.165, 1.54) is 19.3 Å². The van der Waals surface area contributed by atoms with Crippen molar-refractivity contribution in [2.24, 2.45) is 0 Å². The smallest absolute Gasteiger partial charge is 0.314 e. The number of hydrogen-bond donors (Lipinski definition) is 3. The lowest BCUT2D eigenvalue weighted by molar-refractivity contribution is 0.242. The number of fused-ring (bicyclic) bond motifs is 1. The van der Waals surface area contributed by atoms with Crippen molar-refractivity contribution in [2.45, 2.75) is 32.7 Å². The van der Waals surface area contributed by atoms with Gasteiger partial charge in [0.2, 0.25) is 0 Å². The number of benzene rings is 1. The highest BCUT2D eigenvalue weighted by molar-refractivity contribution is 6.31. The minimum atomic E-state index is -0.183. The van der Waals surface area contributed by atoms with Crippen LogP contribution in [0.15, 0.2) is 36.7 Å². The molecule has 2 aromatic heterocycles. The Balaban J connectivity index is 0.000000166. The first kappa shape index (κ1) is 20.9. The van der Waals surface area contributed by atoms with E-state index in [0.717, 1.165) is 46.2 Å². The van der Waals surface area contributed by atoms with Gasteiger partial charge in [-0.2, -0.15) is 0 Å². The summed E-state index contributed by atoms with van der Waals surface area (Å²) in [5.41, 5.74) is 3.88. The molecule has 8 heteroatoms. The van der Waals surface area contributed by atoms with E-state index in [1.807, 2.05) is 25.1 Å². The maximum Gasteiger partial charge on any atom is 0.314 e. The number of pyridine rings is 1. The molecule has 0 radical (unpaired) electrons. The third-order valence-electron chi connectivity index (χ3n) is 4.85. The van der Waals surface area contributed by atoms with Crippen LogP contribution in [0.25, 0.3) is 11.2 Å². The second-order valence-electron chi connectivity index (χ2n) is 7.01. The summed E-state index contributed by atoms with van der Waals surface area (Å²) in [5, 5.41) is 5.93. The second-order valence-corrected chi connectivity index (χ2v) is 7.41. The van der Waals surface area contributed by atoms with Crippen molar-refractivity contribution in [3.05, 3.63) is 52.8 Å². The van der Waals surface area contributed by atoms with Gasteiger partial charge >= 0.3 is 6.03 Å². The molecule has 29 heavy (non-hydrogen) atoms. The van der Waals surface area contributed by atoms with Crippen LogP contribution in [0.4, 0.5) is 10.6 Å². The van der Waals surface area contributed by atoms with Crippen LogP contribution in [-0.2, 0) is 6.54 Å². The SMILES string of the molecule is CNC(=O)NCc1ccc(Cl)c(C)c1.c1nc2nc(N3CCCCC3)ccc2[nH]1. The zero-order valence-corrected chi connectivity index (χ0v) is 17.6. The number of aryl methyl sites for hydroxylation is 1. The molecular weight excluding hydrogens is 388 g/mol. The average molecular weight is 415 g/mol. The van der Waals surface area contributed by atoms with E-state index in [2.05, 4.69) is 42.6 Å². The molecule has 1 saturated heterocycles. The molecule has 1 aliphatic heterocycles. The summed E-state index contributed by atoms with van der Waals surface area (Å²) in [6.45, 7) is 4.70. The lowest BCUT2D eigenvalue weighted by Gasteiger charge is -2.27. The van der Waals surface area contributed by atoms with Gasteiger partial charge in [-0.25, -0.2) is 14.8 Å². The molecule has 2 amide bonds. The number of hydrogen-bond acceptors (Lipinski definition) is 4. The number of anilines is 1. The van der Waals surface area contributed by atoms with Crippen LogP contribution in [0, 0.1) is 6.92 Å². The van der Waals surface area contributed by atoms with Crippen LogP contribution in [0.1, 0.15) is 30.4 Å². The van der Waals surface area contributed by atoms with Crippen LogP contribution >= 0.6 is 11.6 Å². The Kier molecular flexibility index (Phi) is 7.30. The topological polar surface area (TPSA) is 85.9 Å². The highest BCUT2D eigenvalue weighted by Crippen LogP contribution is 2.19. The molecule has 1 fully saturated rings. The van der Waals surface area contributed by atoms with Crippen molar-refractivity contribution in [3.8, 4) is 0 Å². The maximum absolute atomic E-state index is 10.9. The zero-order chi connectivity index (χ0) is 20.6. The van der Waals surface area contributed by atoms with E-state index in [0.29, 0.717) is 6.54 Å². The van der Waals surface area contributed by atoms with Crippen LogP contribution in [0.2, 0.25) is 5.02 Å². The highest BCUT2D eigenvalue weighted by atomic mass is 35.5. The summed E-state index contributed by atoms with van der Waals surface area (Å²) in [4.78, 5) is 25.0. The number of H-pyrrole nitrogens is 1. The van der Waals surface area contributed by atoms with E-state index < -0.39 is 0 Å². The van der Waals surface area contributed by atoms with Gasteiger partial charge in [0.25, 0.3) is 0 Å². The number of nitrogens with zero attached hydrogens (tertiary/aromatic N) is 3. The Labute approximate surface area is 175 Å². The fourth-order valence-corrected chi connectivity index (χ4v) is 3.32. The number of carbonyl (C=O) groups is 1. The number of urea groups is 1. The molecule has 0 bridgehead atoms. The Bertz CT molecular complexity index is 951. The normalized spacial score (nSPS) is 13.6. The summed E-state index contributed by atoms with van der Waals surface area (Å²) in [6.07, 6.45) is 5.60. The van der Waals surface area contributed by atoms with Gasteiger partial charge in [0, 0.05) is 31.7 Å². The first-order chi connectivity index (χ1) is 14.1.